The zero-order chi connectivity index (χ0) is 31.3. The van der Waals surface area contributed by atoms with Crippen molar-refractivity contribution in [3.05, 3.63) is 89.0 Å². The first-order chi connectivity index (χ1) is 19.5. The number of rotatable bonds is 10. The summed E-state index contributed by atoms with van der Waals surface area (Å²) in [6.45, 7) is 1.16. The van der Waals surface area contributed by atoms with Gasteiger partial charge < -0.3 is 19.5 Å². The lowest BCUT2D eigenvalue weighted by atomic mass is 9.94. The van der Waals surface area contributed by atoms with E-state index in [2.05, 4.69) is 9.50 Å². The van der Waals surface area contributed by atoms with Crippen LogP contribution in [0.2, 0.25) is 0 Å². The van der Waals surface area contributed by atoms with Gasteiger partial charge in [0.1, 0.15) is 0 Å². The molecule has 3 rings (SSSR count). The number of hydrogen-bond acceptors (Lipinski definition) is 5. The Morgan fingerprint density at radius 1 is 0.905 bits per heavy atom. The highest BCUT2D eigenvalue weighted by molar-refractivity contribution is 7.88. The molecule has 0 unspecified atom stereocenters. The third-order valence-corrected chi connectivity index (χ3v) is 6.89. The molecule has 0 aromatic heterocycles. The summed E-state index contributed by atoms with van der Waals surface area (Å²) in [7, 11) is -6.21. The van der Waals surface area contributed by atoms with Gasteiger partial charge in [0.15, 0.2) is 5.75 Å². The summed E-state index contributed by atoms with van der Waals surface area (Å²) in [5, 5.41) is 11.8. The highest BCUT2D eigenvalue weighted by Gasteiger charge is 2.49. The molecule has 3 aromatic rings. The Labute approximate surface area is 236 Å². The highest BCUT2D eigenvalue weighted by Crippen LogP contribution is 2.39. The molecule has 8 nitrogen and oxygen atoms in total. The zero-order valence-corrected chi connectivity index (χ0v) is 22.6. The first-order valence-electron chi connectivity index (χ1n) is 12.1. The highest BCUT2D eigenvalue weighted by atomic mass is 32.2. The fraction of sp³-hybridized carbons (Fsp3) is 0.259. The van der Waals surface area contributed by atoms with Crippen molar-refractivity contribution in [2.75, 3.05) is 6.54 Å². The molecule has 2 N–H and O–H groups in total. The molecule has 0 fully saturated rings. The number of carbonyl (C=O) groups excluding carboxylic acids is 1. The number of amides is 2. The number of carboxylic acid groups (broad SMARTS) is 1. The number of urea groups is 1. The van der Waals surface area contributed by atoms with Crippen molar-refractivity contribution in [1.29, 1.82) is 0 Å². The van der Waals surface area contributed by atoms with Gasteiger partial charge in [-0.3, -0.25) is 4.79 Å². The number of halogens is 6. The van der Waals surface area contributed by atoms with Gasteiger partial charge in [-0.15, -0.1) is 0 Å². The molecule has 0 aliphatic carbocycles. The monoisotopic (exact) mass is 618 g/mol. The molecule has 0 bridgehead atoms. The Bertz CT molecular complexity index is 1540. The number of carboxylic acids is 1. The lowest BCUT2D eigenvalue weighted by molar-refractivity contribution is -0.138. The Morgan fingerprint density at radius 2 is 1.57 bits per heavy atom. The van der Waals surface area contributed by atoms with Crippen LogP contribution in [0.3, 0.4) is 0 Å². The van der Waals surface area contributed by atoms with Gasteiger partial charge in [0.25, 0.3) is 0 Å². The average Bonchev–Trinajstić information content (AvgIpc) is 2.90. The van der Waals surface area contributed by atoms with Crippen molar-refractivity contribution in [2.45, 2.75) is 38.1 Å². The molecule has 15 heteroatoms. The Kier molecular flexibility index (Phi) is 9.76. The summed E-state index contributed by atoms with van der Waals surface area (Å²) in [6.07, 6.45) is -5.48. The maximum Gasteiger partial charge on any atom is 0.534 e. The van der Waals surface area contributed by atoms with E-state index in [1.54, 1.807) is 37.3 Å². The van der Waals surface area contributed by atoms with Crippen LogP contribution in [0.15, 0.2) is 66.7 Å². The summed E-state index contributed by atoms with van der Waals surface area (Å²) in [5.74, 6) is -2.24. The molecule has 0 radical (unpaired) electrons. The summed E-state index contributed by atoms with van der Waals surface area (Å²) >= 11 is 0. The van der Waals surface area contributed by atoms with Crippen molar-refractivity contribution in [2.24, 2.45) is 0 Å². The van der Waals surface area contributed by atoms with E-state index in [4.69, 9.17) is 5.11 Å². The first kappa shape index (κ1) is 32.2. The minimum absolute atomic E-state index is 0.00116. The van der Waals surface area contributed by atoms with Crippen LogP contribution in [-0.2, 0) is 40.6 Å². The van der Waals surface area contributed by atoms with Gasteiger partial charge in [0.05, 0.1) is 12.0 Å². The van der Waals surface area contributed by atoms with Crippen LogP contribution in [0.5, 0.6) is 5.75 Å². The fourth-order valence-electron chi connectivity index (χ4n) is 3.89. The third-order valence-electron chi connectivity index (χ3n) is 5.92. The Morgan fingerprint density at radius 3 is 2.14 bits per heavy atom. The van der Waals surface area contributed by atoms with Crippen LogP contribution < -0.4 is 9.50 Å². The van der Waals surface area contributed by atoms with Crippen LogP contribution in [0.4, 0.5) is 31.1 Å². The van der Waals surface area contributed by atoms with Crippen LogP contribution in [0.25, 0.3) is 11.1 Å². The van der Waals surface area contributed by atoms with Crippen LogP contribution in [-0.4, -0.2) is 42.5 Å². The number of nitrogens with one attached hydrogen (secondary N) is 1. The minimum atomic E-state index is -6.21. The second-order valence-corrected chi connectivity index (χ2v) is 10.5. The van der Waals surface area contributed by atoms with Crippen molar-refractivity contribution >= 4 is 22.1 Å². The molecule has 0 saturated carbocycles. The van der Waals surface area contributed by atoms with Crippen molar-refractivity contribution in [3.63, 3.8) is 0 Å². The van der Waals surface area contributed by atoms with Gasteiger partial charge in [-0.25, -0.2) is 4.79 Å². The molecule has 0 spiro atoms. The topological polar surface area (TPSA) is 113 Å². The molecule has 0 heterocycles. The lowest BCUT2D eigenvalue weighted by Crippen LogP contribution is -2.39. The van der Waals surface area contributed by atoms with E-state index in [1.165, 1.54) is 0 Å². The fourth-order valence-corrected chi connectivity index (χ4v) is 4.37. The predicted octanol–water partition coefficient (Wildman–Crippen LogP) is 5.96. The Hall–Kier alpha value is -4.27. The standard InChI is InChI=1S/C27H24F6N2O6S/c1-2-35(25(38)34-15-17-6-4-3-5-7-17)16-19-14-20(26(28,29)30)9-10-21(19)22-12-18(13-24(36)37)8-11-23(22)41-42(39,40)27(31,32)33/h3-12,14H,2,13,15-16H2,1H3,(H,34,38)(H,36,37). The number of benzene rings is 3. The quantitative estimate of drug-likeness (QED) is 0.165. The molecule has 0 saturated heterocycles. The molecule has 226 valence electrons. The number of alkyl halides is 6. The van der Waals surface area contributed by atoms with Gasteiger partial charge in [-0.05, 0) is 53.4 Å². The SMILES string of the molecule is CCN(Cc1cc(C(F)(F)F)ccc1-c1cc(CC(=O)O)ccc1OS(=O)(=O)C(F)(F)F)C(=O)NCc1ccccc1. The summed E-state index contributed by atoms with van der Waals surface area (Å²) < 4.78 is 108. The normalized spacial score (nSPS) is 12.1. The third kappa shape index (κ3) is 8.15. The Balaban J connectivity index is 2.12. The maximum absolute atomic E-state index is 13.6. The van der Waals surface area contributed by atoms with Crippen molar-refractivity contribution in [3.8, 4) is 16.9 Å². The molecule has 3 aromatic carbocycles. The second kappa shape index (κ2) is 12.7. The molecule has 0 aliphatic heterocycles. The van der Waals surface area contributed by atoms with Crippen LogP contribution >= 0.6 is 0 Å². The first-order valence-corrected chi connectivity index (χ1v) is 13.5. The zero-order valence-electron chi connectivity index (χ0n) is 21.8. The van der Waals surface area contributed by atoms with E-state index in [0.717, 1.165) is 34.7 Å². The molecular weight excluding hydrogens is 594 g/mol. The van der Waals surface area contributed by atoms with Gasteiger partial charge in [-0.2, -0.15) is 34.8 Å². The molecular formula is C27H24F6N2O6S. The lowest BCUT2D eigenvalue weighted by Gasteiger charge is -2.24. The van der Waals surface area contributed by atoms with Gasteiger partial charge in [0.2, 0.25) is 0 Å². The van der Waals surface area contributed by atoms with E-state index in [-0.39, 0.29) is 29.8 Å². The van der Waals surface area contributed by atoms with E-state index < -0.39 is 63.6 Å². The largest absolute Gasteiger partial charge is 0.534 e. The molecule has 0 atom stereocenters. The average molecular weight is 619 g/mol. The van der Waals surface area contributed by atoms with Crippen molar-refractivity contribution < 1.29 is 53.6 Å². The maximum atomic E-state index is 13.6. The summed E-state index contributed by atoms with van der Waals surface area (Å²) in [5.41, 5.74) is -7.10. The van der Waals surface area contributed by atoms with E-state index in [1.807, 2.05) is 0 Å². The number of carbonyl (C=O) groups is 2. The van der Waals surface area contributed by atoms with E-state index in [0.29, 0.717) is 12.1 Å². The van der Waals surface area contributed by atoms with Gasteiger partial charge >= 0.3 is 33.8 Å². The van der Waals surface area contributed by atoms with Crippen LogP contribution in [0, 0.1) is 0 Å². The predicted molar refractivity (Wildman–Crippen MR) is 139 cm³/mol. The van der Waals surface area contributed by atoms with E-state index >= 15 is 0 Å². The van der Waals surface area contributed by atoms with Crippen molar-refractivity contribution in [1.82, 2.24) is 10.2 Å². The van der Waals surface area contributed by atoms with E-state index in [9.17, 15) is 44.3 Å². The van der Waals surface area contributed by atoms with Gasteiger partial charge in [0, 0.05) is 25.2 Å². The number of aliphatic carboxylic acids is 1. The number of hydrogen-bond donors (Lipinski definition) is 2. The summed E-state index contributed by atoms with van der Waals surface area (Å²) in [4.78, 5) is 25.3. The smallest absolute Gasteiger partial charge is 0.481 e. The van der Waals surface area contributed by atoms with Crippen LogP contribution in [0.1, 0.15) is 29.2 Å². The molecule has 2 amide bonds. The summed E-state index contributed by atoms with van der Waals surface area (Å²) in [6, 6.07) is 13.0. The van der Waals surface area contributed by atoms with Gasteiger partial charge in [-0.1, -0.05) is 42.5 Å². The molecule has 0 aliphatic rings. The second-order valence-electron chi connectivity index (χ2n) is 8.91. The molecule has 42 heavy (non-hydrogen) atoms. The number of nitrogens with zero attached hydrogens (tertiary/aromatic N) is 1. The minimum Gasteiger partial charge on any atom is -0.481 e.